The van der Waals surface area contributed by atoms with Crippen molar-refractivity contribution in [2.24, 2.45) is 0 Å². The number of aliphatic carboxylic acids is 1. The van der Waals surface area contributed by atoms with Crippen LogP contribution in [0.25, 0.3) is 10.7 Å². The minimum absolute atomic E-state index is 0.0121. The lowest BCUT2D eigenvalue weighted by atomic mass is 10.1. The molecule has 0 aliphatic carbocycles. The fourth-order valence-electron chi connectivity index (χ4n) is 2.57. The minimum atomic E-state index is -0.877. The van der Waals surface area contributed by atoms with E-state index >= 15 is 0 Å². The number of hydrogen-bond acceptors (Lipinski definition) is 7. The van der Waals surface area contributed by atoms with Crippen molar-refractivity contribution in [3.63, 3.8) is 0 Å². The van der Waals surface area contributed by atoms with Crippen molar-refractivity contribution in [1.82, 2.24) is 15.0 Å². The first-order valence-electron chi connectivity index (χ1n) is 7.59. The molecule has 7 nitrogen and oxygen atoms in total. The Bertz CT molecular complexity index is 701. The van der Waals surface area contributed by atoms with E-state index in [9.17, 15) is 9.59 Å². The van der Waals surface area contributed by atoms with Crippen molar-refractivity contribution < 1.29 is 19.2 Å². The van der Waals surface area contributed by atoms with E-state index in [1.165, 1.54) is 11.3 Å². The van der Waals surface area contributed by atoms with E-state index in [2.05, 4.69) is 10.1 Å². The molecule has 0 aromatic carbocycles. The summed E-state index contributed by atoms with van der Waals surface area (Å²) in [6, 6.07) is 3.58. The van der Waals surface area contributed by atoms with Crippen molar-refractivity contribution in [3.8, 4) is 10.7 Å². The molecule has 2 aromatic heterocycles. The normalized spacial score (nSPS) is 17.8. The van der Waals surface area contributed by atoms with E-state index in [4.69, 9.17) is 9.63 Å². The molecule has 3 heterocycles. The fourth-order valence-corrected chi connectivity index (χ4v) is 4.29. The van der Waals surface area contributed by atoms with Gasteiger partial charge in [0.2, 0.25) is 17.6 Å². The number of aryl methyl sites for hydroxylation is 1. The number of hydrogen-bond donors (Lipinski definition) is 1. The molecule has 1 fully saturated rings. The molecule has 3 rings (SSSR count). The number of thiophene rings is 1. The molecule has 24 heavy (non-hydrogen) atoms. The highest BCUT2D eigenvalue weighted by Crippen LogP contribution is 2.23. The Morgan fingerprint density at radius 2 is 2.33 bits per heavy atom. The van der Waals surface area contributed by atoms with Crippen LogP contribution in [0.4, 0.5) is 0 Å². The molecule has 128 valence electrons. The third kappa shape index (κ3) is 4.15. The van der Waals surface area contributed by atoms with Gasteiger partial charge in [0, 0.05) is 30.9 Å². The summed E-state index contributed by atoms with van der Waals surface area (Å²) in [6.45, 7) is 0.589. The first-order chi connectivity index (χ1) is 11.6. The van der Waals surface area contributed by atoms with Crippen LogP contribution in [0.5, 0.6) is 0 Å². The van der Waals surface area contributed by atoms with Crippen LogP contribution in [-0.2, 0) is 16.0 Å². The molecule has 0 radical (unpaired) electrons. The zero-order valence-corrected chi connectivity index (χ0v) is 14.5. The SMILES string of the molecule is O=C(O)CC1CSCCN1C(=O)CCc1nc(-c2cccs2)no1. The maximum Gasteiger partial charge on any atom is 0.305 e. The Hall–Kier alpha value is -1.87. The molecule has 1 aliphatic heterocycles. The van der Waals surface area contributed by atoms with Crippen molar-refractivity contribution in [1.29, 1.82) is 0 Å². The lowest BCUT2D eigenvalue weighted by molar-refractivity contribution is -0.140. The molecule has 0 bridgehead atoms. The number of carbonyl (C=O) groups excluding carboxylic acids is 1. The molecular weight excluding hydrogens is 350 g/mol. The second kappa shape index (κ2) is 7.80. The fraction of sp³-hybridized carbons (Fsp3) is 0.467. The van der Waals surface area contributed by atoms with Gasteiger partial charge in [-0.2, -0.15) is 16.7 Å². The van der Waals surface area contributed by atoms with Gasteiger partial charge in [0.05, 0.1) is 17.3 Å². The molecule has 2 aromatic rings. The van der Waals surface area contributed by atoms with Crippen molar-refractivity contribution in [2.75, 3.05) is 18.1 Å². The Labute approximate surface area is 147 Å². The molecule has 1 N–H and O–H groups in total. The van der Waals surface area contributed by atoms with Gasteiger partial charge in [-0.15, -0.1) is 11.3 Å². The van der Waals surface area contributed by atoms with E-state index in [1.54, 1.807) is 16.7 Å². The second-order valence-corrected chi connectivity index (χ2v) is 7.50. The van der Waals surface area contributed by atoms with Gasteiger partial charge in [0.15, 0.2) is 0 Å². The summed E-state index contributed by atoms with van der Waals surface area (Å²) in [6.07, 6.45) is 0.593. The Morgan fingerprint density at radius 3 is 3.08 bits per heavy atom. The van der Waals surface area contributed by atoms with E-state index in [1.807, 2.05) is 17.5 Å². The van der Waals surface area contributed by atoms with E-state index < -0.39 is 5.97 Å². The van der Waals surface area contributed by atoms with Gasteiger partial charge in [-0.25, -0.2) is 0 Å². The summed E-state index contributed by atoms with van der Waals surface area (Å²) in [4.78, 5) is 30.3. The molecule has 1 unspecified atom stereocenters. The predicted molar refractivity (Wildman–Crippen MR) is 91.0 cm³/mol. The first kappa shape index (κ1) is 17.0. The molecule has 1 atom stereocenters. The topological polar surface area (TPSA) is 96.5 Å². The first-order valence-corrected chi connectivity index (χ1v) is 9.62. The zero-order valence-electron chi connectivity index (χ0n) is 12.9. The average Bonchev–Trinajstić information content (AvgIpc) is 3.24. The van der Waals surface area contributed by atoms with Gasteiger partial charge in [-0.3, -0.25) is 9.59 Å². The van der Waals surface area contributed by atoms with Crippen molar-refractivity contribution in [2.45, 2.75) is 25.3 Å². The standard InChI is InChI=1S/C15H17N3O4S2/c19-13(18-5-7-23-9-10(18)8-14(20)21)4-3-12-16-15(17-22-12)11-2-1-6-24-11/h1-2,6,10H,3-5,7-9H2,(H,20,21). The molecule has 1 amide bonds. The third-order valence-electron chi connectivity index (χ3n) is 3.72. The van der Waals surface area contributed by atoms with Crippen molar-refractivity contribution >= 4 is 35.0 Å². The number of thioether (sulfide) groups is 1. The highest BCUT2D eigenvalue weighted by molar-refractivity contribution is 7.99. The maximum absolute atomic E-state index is 12.4. The smallest absolute Gasteiger partial charge is 0.305 e. The van der Waals surface area contributed by atoms with Crippen LogP contribution in [0.15, 0.2) is 22.0 Å². The second-order valence-electron chi connectivity index (χ2n) is 5.40. The Balaban J connectivity index is 1.57. The number of carboxylic acid groups (broad SMARTS) is 1. The largest absolute Gasteiger partial charge is 0.481 e. The summed E-state index contributed by atoms with van der Waals surface area (Å²) < 4.78 is 5.19. The summed E-state index contributed by atoms with van der Waals surface area (Å²) in [5, 5.41) is 14.8. The molecule has 0 spiro atoms. The third-order valence-corrected chi connectivity index (χ3v) is 5.68. The predicted octanol–water partition coefficient (Wildman–Crippen LogP) is 2.15. The van der Waals surface area contributed by atoms with Crippen LogP contribution in [0, 0.1) is 0 Å². The minimum Gasteiger partial charge on any atom is -0.481 e. The van der Waals surface area contributed by atoms with Gasteiger partial charge in [-0.05, 0) is 11.4 Å². The molecule has 1 aliphatic rings. The molecule has 9 heteroatoms. The Morgan fingerprint density at radius 1 is 1.46 bits per heavy atom. The number of carboxylic acids is 1. The quantitative estimate of drug-likeness (QED) is 0.835. The highest BCUT2D eigenvalue weighted by Gasteiger charge is 2.28. The summed E-state index contributed by atoms with van der Waals surface area (Å²) in [7, 11) is 0. The van der Waals surface area contributed by atoms with Gasteiger partial charge in [-0.1, -0.05) is 11.2 Å². The van der Waals surface area contributed by atoms with E-state index in [-0.39, 0.29) is 24.8 Å². The lowest BCUT2D eigenvalue weighted by Gasteiger charge is -2.34. The number of amides is 1. The highest BCUT2D eigenvalue weighted by atomic mass is 32.2. The molecular formula is C15H17N3O4S2. The van der Waals surface area contributed by atoms with Crippen molar-refractivity contribution in [3.05, 3.63) is 23.4 Å². The van der Waals surface area contributed by atoms with Crippen LogP contribution >= 0.6 is 23.1 Å². The number of rotatable bonds is 6. The number of aromatic nitrogens is 2. The van der Waals surface area contributed by atoms with Crippen LogP contribution in [0.3, 0.4) is 0 Å². The van der Waals surface area contributed by atoms with Crippen LogP contribution in [0.2, 0.25) is 0 Å². The number of carbonyl (C=O) groups is 2. The van der Waals surface area contributed by atoms with E-state index in [0.29, 0.717) is 30.4 Å². The van der Waals surface area contributed by atoms with Gasteiger partial charge < -0.3 is 14.5 Å². The van der Waals surface area contributed by atoms with Gasteiger partial charge in [0.25, 0.3) is 0 Å². The van der Waals surface area contributed by atoms with Crippen LogP contribution < -0.4 is 0 Å². The summed E-state index contributed by atoms with van der Waals surface area (Å²) in [5.41, 5.74) is 0. The van der Waals surface area contributed by atoms with Crippen LogP contribution in [-0.4, -0.2) is 56.1 Å². The molecule has 0 saturated carbocycles. The number of nitrogens with zero attached hydrogens (tertiary/aromatic N) is 3. The van der Waals surface area contributed by atoms with Gasteiger partial charge in [0.1, 0.15) is 0 Å². The monoisotopic (exact) mass is 367 g/mol. The van der Waals surface area contributed by atoms with E-state index in [0.717, 1.165) is 10.6 Å². The molecule has 1 saturated heterocycles. The van der Waals surface area contributed by atoms with Gasteiger partial charge >= 0.3 is 5.97 Å². The van der Waals surface area contributed by atoms with Crippen LogP contribution in [0.1, 0.15) is 18.7 Å². The Kier molecular flexibility index (Phi) is 5.52. The average molecular weight is 367 g/mol. The summed E-state index contributed by atoms with van der Waals surface area (Å²) in [5.74, 6) is 1.53. The maximum atomic E-state index is 12.4. The summed E-state index contributed by atoms with van der Waals surface area (Å²) >= 11 is 3.21. The zero-order chi connectivity index (χ0) is 16.9. The lowest BCUT2D eigenvalue weighted by Crippen LogP contribution is -2.47.